The van der Waals surface area contributed by atoms with Crippen LogP contribution < -0.4 is 15.4 Å². The summed E-state index contributed by atoms with van der Waals surface area (Å²) < 4.78 is 53.1. The Morgan fingerprint density at radius 3 is 2.15 bits per heavy atom. The lowest BCUT2D eigenvalue weighted by Gasteiger charge is -2.36. The van der Waals surface area contributed by atoms with Gasteiger partial charge >= 0.3 is 18.3 Å². The molecule has 0 saturated heterocycles. The molecule has 0 saturated carbocycles. The number of nitriles is 1. The zero-order valence-electron chi connectivity index (χ0n) is 17.9. The molecule has 2 aromatic carbocycles. The number of nitrogens with two attached hydrogens (primary N) is 1. The summed E-state index contributed by atoms with van der Waals surface area (Å²) in [6.45, 7) is 0. The molecule has 8 nitrogen and oxygen atoms in total. The monoisotopic (exact) mass is 473 g/mol. The summed E-state index contributed by atoms with van der Waals surface area (Å²) in [6.07, 6.45) is -5.07. The molecule has 1 atom stereocenters. The maximum atomic E-state index is 13.1. The van der Waals surface area contributed by atoms with Crippen molar-refractivity contribution in [2.24, 2.45) is 5.73 Å². The number of carbonyl (C=O) groups excluding carboxylic acids is 2. The van der Waals surface area contributed by atoms with Crippen LogP contribution in [0.1, 0.15) is 11.5 Å². The number of hydrogen-bond acceptors (Lipinski definition) is 8. The van der Waals surface area contributed by atoms with E-state index in [2.05, 4.69) is 4.74 Å². The highest BCUT2D eigenvalue weighted by atomic mass is 19.4. The topological polar surface area (TPSA) is 115 Å². The fourth-order valence-corrected chi connectivity index (χ4v) is 3.62. The molecule has 2 N–H and O–H groups in total. The van der Waals surface area contributed by atoms with Crippen molar-refractivity contribution in [3.05, 3.63) is 82.8 Å². The quantitative estimate of drug-likeness (QED) is 0.657. The van der Waals surface area contributed by atoms with Crippen LogP contribution in [0.25, 0.3) is 0 Å². The Bertz CT molecular complexity index is 1220. The summed E-state index contributed by atoms with van der Waals surface area (Å²) in [5.41, 5.74) is 5.29. The lowest BCUT2D eigenvalue weighted by atomic mass is 9.81. The van der Waals surface area contributed by atoms with Crippen molar-refractivity contribution in [3.63, 3.8) is 0 Å². The van der Waals surface area contributed by atoms with E-state index in [1.165, 1.54) is 18.2 Å². The predicted octanol–water partition coefficient (Wildman–Crippen LogP) is 3.48. The van der Waals surface area contributed by atoms with E-state index in [0.717, 1.165) is 25.2 Å². The Hall–Kier alpha value is -4.46. The van der Waals surface area contributed by atoms with Crippen molar-refractivity contribution in [3.8, 4) is 11.8 Å². The normalized spacial score (nSPS) is 16.1. The fraction of sp³-hybridized carbons (Fsp3) is 0.174. The first-order chi connectivity index (χ1) is 16.1. The number of halogens is 3. The Kier molecular flexibility index (Phi) is 6.81. The number of anilines is 1. The maximum absolute atomic E-state index is 13.1. The van der Waals surface area contributed by atoms with Crippen LogP contribution in [0.2, 0.25) is 0 Å². The van der Waals surface area contributed by atoms with E-state index in [0.29, 0.717) is 5.56 Å². The Morgan fingerprint density at radius 2 is 1.59 bits per heavy atom. The third-order valence-corrected chi connectivity index (χ3v) is 4.94. The van der Waals surface area contributed by atoms with E-state index in [4.69, 9.17) is 15.2 Å². The minimum atomic E-state index is -5.07. The van der Waals surface area contributed by atoms with Crippen LogP contribution in [-0.4, -0.2) is 32.5 Å². The molecule has 0 radical (unpaired) electrons. The second-order valence-corrected chi connectivity index (χ2v) is 6.85. The van der Waals surface area contributed by atoms with Crippen LogP contribution in [0, 0.1) is 11.3 Å². The Labute approximate surface area is 192 Å². The number of allylic oxidation sites excluding steroid dienone is 1. The standard InChI is InChI=1S/C23H18F3N3O5/c1-32-21(30)18-17(13-8-4-3-5-9-13)14(12-27)20(28)29(19(18)22(31)33-2)15-10-6-7-11-16(15)34-23(24,25)26/h3-11,17H,28H2,1-2H3. The maximum Gasteiger partial charge on any atom is 0.573 e. The number of carbonyl (C=O) groups is 2. The third kappa shape index (κ3) is 4.52. The zero-order chi connectivity index (χ0) is 25.0. The molecule has 0 aromatic heterocycles. The van der Waals surface area contributed by atoms with E-state index >= 15 is 0 Å². The molecular weight excluding hydrogens is 455 g/mol. The number of para-hydroxylation sites is 2. The molecule has 0 fully saturated rings. The van der Waals surface area contributed by atoms with Gasteiger partial charge in [0.25, 0.3) is 0 Å². The molecule has 0 spiro atoms. The predicted molar refractivity (Wildman–Crippen MR) is 113 cm³/mol. The first kappa shape index (κ1) is 24.2. The van der Waals surface area contributed by atoms with Crippen molar-refractivity contribution in [1.82, 2.24) is 0 Å². The largest absolute Gasteiger partial charge is 0.573 e. The van der Waals surface area contributed by atoms with Gasteiger partial charge in [-0.3, -0.25) is 4.90 Å². The molecule has 0 aliphatic carbocycles. The van der Waals surface area contributed by atoms with Gasteiger partial charge in [0.05, 0.1) is 43.0 Å². The van der Waals surface area contributed by atoms with Crippen LogP contribution in [0.15, 0.2) is 77.3 Å². The van der Waals surface area contributed by atoms with Gasteiger partial charge in [-0.05, 0) is 17.7 Å². The number of ether oxygens (including phenoxy) is 3. The Balaban J connectivity index is 2.42. The van der Waals surface area contributed by atoms with Gasteiger partial charge in [0.2, 0.25) is 0 Å². The van der Waals surface area contributed by atoms with E-state index in [9.17, 15) is 28.0 Å². The summed E-state index contributed by atoms with van der Waals surface area (Å²) in [5.74, 6) is -4.36. The smallest absolute Gasteiger partial charge is 0.466 e. The second-order valence-electron chi connectivity index (χ2n) is 6.85. The molecule has 3 rings (SSSR count). The number of methoxy groups -OCH3 is 2. The minimum Gasteiger partial charge on any atom is -0.466 e. The van der Waals surface area contributed by atoms with E-state index in [1.807, 2.05) is 6.07 Å². The van der Waals surface area contributed by atoms with Gasteiger partial charge < -0.3 is 19.9 Å². The van der Waals surface area contributed by atoms with Gasteiger partial charge in [0.15, 0.2) is 5.75 Å². The first-order valence-electron chi connectivity index (χ1n) is 9.65. The third-order valence-electron chi connectivity index (χ3n) is 4.94. The molecule has 1 aliphatic rings. The van der Waals surface area contributed by atoms with E-state index < -0.39 is 35.7 Å². The molecule has 11 heteroatoms. The van der Waals surface area contributed by atoms with Gasteiger partial charge in [0.1, 0.15) is 11.5 Å². The van der Waals surface area contributed by atoms with E-state index in [1.54, 1.807) is 30.3 Å². The molecule has 176 valence electrons. The van der Waals surface area contributed by atoms with Crippen molar-refractivity contribution in [1.29, 1.82) is 5.26 Å². The van der Waals surface area contributed by atoms with Crippen molar-refractivity contribution >= 4 is 17.6 Å². The number of rotatable bonds is 5. The molecule has 1 aliphatic heterocycles. The molecule has 34 heavy (non-hydrogen) atoms. The molecule has 1 unspecified atom stereocenters. The SMILES string of the molecule is COC(=O)C1=C(C(=O)OC)N(c2ccccc2OC(F)(F)F)C(N)=C(C#N)C1c1ccccc1. The lowest BCUT2D eigenvalue weighted by Crippen LogP contribution is -2.41. The van der Waals surface area contributed by atoms with Gasteiger partial charge in [0, 0.05) is 0 Å². The summed E-state index contributed by atoms with van der Waals surface area (Å²) >= 11 is 0. The Morgan fingerprint density at radius 1 is 1.00 bits per heavy atom. The first-order valence-corrected chi connectivity index (χ1v) is 9.65. The van der Waals surface area contributed by atoms with Gasteiger partial charge in [-0.2, -0.15) is 5.26 Å². The summed E-state index contributed by atoms with van der Waals surface area (Å²) in [5, 5.41) is 9.95. The van der Waals surface area contributed by atoms with Crippen molar-refractivity contribution in [2.45, 2.75) is 12.3 Å². The average molecular weight is 473 g/mol. The molecule has 0 bridgehead atoms. The van der Waals surface area contributed by atoms with Gasteiger partial charge in [-0.1, -0.05) is 42.5 Å². The highest BCUT2D eigenvalue weighted by Crippen LogP contribution is 2.45. The lowest BCUT2D eigenvalue weighted by molar-refractivity contribution is -0.274. The van der Waals surface area contributed by atoms with Crippen LogP contribution in [-0.2, 0) is 19.1 Å². The van der Waals surface area contributed by atoms with Gasteiger partial charge in [-0.25, -0.2) is 9.59 Å². The van der Waals surface area contributed by atoms with Crippen molar-refractivity contribution < 1.29 is 37.0 Å². The summed E-state index contributed by atoms with van der Waals surface area (Å²) in [7, 11) is 2.09. The number of nitrogens with zero attached hydrogens (tertiary/aromatic N) is 2. The van der Waals surface area contributed by atoms with Crippen LogP contribution in [0.4, 0.5) is 18.9 Å². The summed E-state index contributed by atoms with van der Waals surface area (Å²) in [4.78, 5) is 26.7. The molecule has 2 aromatic rings. The van der Waals surface area contributed by atoms with Gasteiger partial charge in [-0.15, -0.1) is 13.2 Å². The second kappa shape index (κ2) is 9.58. The number of hydrogen-bond donors (Lipinski definition) is 1. The molecule has 1 heterocycles. The number of alkyl halides is 3. The zero-order valence-corrected chi connectivity index (χ0v) is 17.9. The minimum absolute atomic E-state index is 0.193. The molecule has 0 amide bonds. The number of esters is 2. The number of benzene rings is 2. The average Bonchev–Trinajstić information content (AvgIpc) is 2.82. The van der Waals surface area contributed by atoms with Crippen LogP contribution in [0.3, 0.4) is 0 Å². The summed E-state index contributed by atoms with van der Waals surface area (Å²) in [6, 6.07) is 14.9. The van der Waals surface area contributed by atoms with Crippen LogP contribution >= 0.6 is 0 Å². The van der Waals surface area contributed by atoms with Crippen LogP contribution in [0.5, 0.6) is 5.75 Å². The highest BCUT2D eigenvalue weighted by Gasteiger charge is 2.44. The highest BCUT2D eigenvalue weighted by molar-refractivity contribution is 6.06. The van der Waals surface area contributed by atoms with Crippen molar-refractivity contribution in [2.75, 3.05) is 19.1 Å². The fourth-order valence-electron chi connectivity index (χ4n) is 3.62. The van der Waals surface area contributed by atoms with E-state index in [-0.39, 0.29) is 22.7 Å². The molecular formula is C23H18F3N3O5.